The van der Waals surface area contributed by atoms with Gasteiger partial charge in [-0.25, -0.2) is 0 Å². The van der Waals surface area contributed by atoms with Crippen LogP contribution in [0.3, 0.4) is 0 Å². The third kappa shape index (κ3) is 0.777. The lowest BCUT2D eigenvalue weighted by atomic mass is 9.63. The monoisotopic (exact) mass is 308 g/mol. The topological polar surface area (TPSA) is 35.5 Å². The number of hydrogen-bond acceptors (Lipinski definition) is 3. The molecule has 14 heavy (non-hydrogen) atoms. The molecule has 0 aliphatic carbocycles. The van der Waals surface area contributed by atoms with Gasteiger partial charge in [0.05, 0.1) is 18.3 Å². The van der Waals surface area contributed by atoms with E-state index in [0.717, 1.165) is 17.3 Å². The molecule has 0 unspecified atom stereocenters. The number of ether oxygens (including phenoxy) is 2. The summed E-state index contributed by atoms with van der Waals surface area (Å²) < 4.78 is 12.1. The zero-order valence-corrected chi connectivity index (χ0v) is 10.2. The predicted molar refractivity (Wildman–Crippen MR) is 58.3 cm³/mol. The molecule has 0 aromatic heterocycles. The molecule has 0 amide bonds. The van der Waals surface area contributed by atoms with Crippen molar-refractivity contribution in [1.82, 2.24) is 0 Å². The summed E-state index contributed by atoms with van der Waals surface area (Å²) in [4.78, 5) is 11.8. The van der Waals surface area contributed by atoms with Crippen LogP contribution in [0.2, 0.25) is 0 Å². The minimum Gasteiger partial charge on any atom is -0.465 e. The van der Waals surface area contributed by atoms with E-state index in [2.05, 4.69) is 22.6 Å². The van der Waals surface area contributed by atoms with Gasteiger partial charge in [0.15, 0.2) is 0 Å². The van der Waals surface area contributed by atoms with E-state index in [9.17, 15) is 4.79 Å². The molecule has 3 nitrogen and oxygen atoms in total. The fourth-order valence-corrected chi connectivity index (χ4v) is 4.68. The summed E-state index contributed by atoms with van der Waals surface area (Å²) >= 11 is 2.33. The maximum atomic E-state index is 11.8. The van der Waals surface area contributed by atoms with Crippen molar-refractivity contribution < 1.29 is 14.3 Å². The number of rotatable bonds is 1. The molecule has 0 spiro atoms. The van der Waals surface area contributed by atoms with Gasteiger partial charge < -0.3 is 9.47 Å². The first-order valence-electron chi connectivity index (χ1n) is 5.05. The number of carbonyl (C=O) groups is 1. The number of fused-ring (bicyclic) bond motifs is 5. The van der Waals surface area contributed by atoms with Crippen LogP contribution in [0, 0.1) is 11.3 Å². The van der Waals surface area contributed by atoms with Crippen molar-refractivity contribution in [2.24, 2.45) is 11.3 Å². The number of esters is 1. The number of halogens is 1. The molecule has 0 radical (unpaired) electrons. The zero-order chi connectivity index (χ0) is 9.97. The van der Waals surface area contributed by atoms with Crippen molar-refractivity contribution in [2.45, 2.75) is 31.5 Å². The lowest BCUT2D eigenvalue weighted by molar-refractivity contribution is -0.154. The molecule has 3 aliphatic heterocycles. The number of cyclic esters (lactones) is 1. The van der Waals surface area contributed by atoms with Gasteiger partial charge in [-0.3, -0.25) is 4.79 Å². The summed E-state index contributed by atoms with van der Waals surface area (Å²) in [5.41, 5.74) is -0.590. The van der Waals surface area contributed by atoms with Gasteiger partial charge in [0.25, 0.3) is 0 Å². The molecule has 4 heteroatoms. The molecule has 3 rings (SSSR count). The quantitative estimate of drug-likeness (QED) is 0.419. The second-order valence-corrected chi connectivity index (χ2v) is 5.49. The Hall–Kier alpha value is 0.160. The van der Waals surface area contributed by atoms with Gasteiger partial charge in [0.2, 0.25) is 0 Å². The first-order chi connectivity index (χ1) is 6.64. The minimum absolute atomic E-state index is 0.0404. The van der Waals surface area contributed by atoms with E-state index in [1.54, 1.807) is 0 Å². The molecule has 0 saturated carbocycles. The van der Waals surface area contributed by atoms with Crippen molar-refractivity contribution in [2.75, 3.05) is 11.0 Å². The van der Waals surface area contributed by atoms with Gasteiger partial charge >= 0.3 is 5.97 Å². The molecule has 2 bridgehead atoms. The Balaban J connectivity index is 2.11. The van der Waals surface area contributed by atoms with E-state index in [4.69, 9.17) is 9.47 Å². The maximum Gasteiger partial charge on any atom is 0.315 e. The van der Waals surface area contributed by atoms with Crippen molar-refractivity contribution in [3.8, 4) is 0 Å². The summed E-state index contributed by atoms with van der Waals surface area (Å²) in [6.45, 7) is 2.60. The standard InChI is InChI=1S/C10H13IO3/c1-9-6(4-13-8(9)12)7-2-3-10(9,5-11)14-7/h6-7H,2-5H2,1H3/t6-,7-,9+,10-/m1/s1. The molecule has 0 aromatic rings. The van der Waals surface area contributed by atoms with E-state index in [-0.39, 0.29) is 23.1 Å². The fraction of sp³-hybridized carbons (Fsp3) is 0.900. The Morgan fingerprint density at radius 2 is 2.43 bits per heavy atom. The highest BCUT2D eigenvalue weighted by molar-refractivity contribution is 14.1. The third-order valence-electron chi connectivity index (χ3n) is 4.38. The van der Waals surface area contributed by atoms with Gasteiger partial charge in [-0.2, -0.15) is 0 Å². The van der Waals surface area contributed by atoms with Crippen LogP contribution >= 0.6 is 22.6 Å². The van der Waals surface area contributed by atoms with Crippen LogP contribution in [0.15, 0.2) is 0 Å². The van der Waals surface area contributed by atoms with Gasteiger partial charge in [0.1, 0.15) is 5.41 Å². The lowest BCUT2D eigenvalue weighted by Crippen LogP contribution is -2.50. The van der Waals surface area contributed by atoms with E-state index in [0.29, 0.717) is 12.5 Å². The van der Waals surface area contributed by atoms with Gasteiger partial charge in [-0.05, 0) is 19.8 Å². The summed E-state index contributed by atoms with van der Waals surface area (Å²) in [7, 11) is 0. The second kappa shape index (κ2) is 2.64. The van der Waals surface area contributed by atoms with Crippen LogP contribution < -0.4 is 0 Å². The molecular weight excluding hydrogens is 295 g/mol. The SMILES string of the molecule is C[C@@]12C(=O)OC[C@@H]1[C@H]1CC[C@]2(CI)O1. The maximum absolute atomic E-state index is 11.8. The largest absolute Gasteiger partial charge is 0.465 e. The van der Waals surface area contributed by atoms with E-state index in [1.165, 1.54) is 0 Å². The molecule has 3 aliphatic rings. The van der Waals surface area contributed by atoms with Crippen LogP contribution in [0.25, 0.3) is 0 Å². The normalized spacial score (nSPS) is 54.9. The Bertz CT molecular complexity index is 306. The van der Waals surface area contributed by atoms with Crippen LogP contribution in [0.5, 0.6) is 0 Å². The molecule has 3 fully saturated rings. The van der Waals surface area contributed by atoms with Crippen LogP contribution in [-0.4, -0.2) is 28.7 Å². The molecule has 3 saturated heterocycles. The van der Waals surface area contributed by atoms with E-state index >= 15 is 0 Å². The fourth-order valence-electron chi connectivity index (χ4n) is 3.32. The molecule has 3 heterocycles. The van der Waals surface area contributed by atoms with Crippen molar-refractivity contribution in [3.63, 3.8) is 0 Å². The van der Waals surface area contributed by atoms with E-state index < -0.39 is 0 Å². The van der Waals surface area contributed by atoms with Crippen LogP contribution in [0.4, 0.5) is 0 Å². The summed E-state index contributed by atoms with van der Waals surface area (Å²) in [6.07, 6.45) is 2.38. The second-order valence-electron chi connectivity index (χ2n) is 4.73. The number of carbonyl (C=O) groups excluding carboxylic acids is 1. The Kier molecular flexibility index (Phi) is 1.77. The number of alkyl halides is 1. The highest BCUT2D eigenvalue weighted by Crippen LogP contribution is 2.62. The Morgan fingerprint density at radius 1 is 1.64 bits per heavy atom. The zero-order valence-electron chi connectivity index (χ0n) is 8.09. The van der Waals surface area contributed by atoms with E-state index in [1.807, 2.05) is 6.92 Å². The van der Waals surface area contributed by atoms with Crippen molar-refractivity contribution >= 4 is 28.6 Å². The summed E-state index contributed by atoms with van der Waals surface area (Å²) in [6, 6.07) is 0. The highest BCUT2D eigenvalue weighted by Gasteiger charge is 2.72. The Morgan fingerprint density at radius 3 is 3.14 bits per heavy atom. The molecule has 0 N–H and O–H groups in total. The molecule has 78 valence electrons. The average Bonchev–Trinajstić information content (AvgIpc) is 2.78. The summed E-state index contributed by atoms with van der Waals surface area (Å²) in [5.74, 6) is 0.264. The first kappa shape index (κ1) is 9.39. The molecular formula is C10H13IO3. The molecule has 4 atom stereocenters. The average molecular weight is 308 g/mol. The minimum atomic E-state index is -0.364. The van der Waals surface area contributed by atoms with Crippen molar-refractivity contribution in [3.05, 3.63) is 0 Å². The smallest absolute Gasteiger partial charge is 0.315 e. The van der Waals surface area contributed by atoms with Crippen LogP contribution in [-0.2, 0) is 14.3 Å². The van der Waals surface area contributed by atoms with Gasteiger partial charge in [0, 0.05) is 10.3 Å². The summed E-state index contributed by atoms with van der Waals surface area (Å²) in [5, 5.41) is 0. The number of hydrogen-bond donors (Lipinski definition) is 0. The Labute approximate surface area is 96.7 Å². The first-order valence-corrected chi connectivity index (χ1v) is 6.58. The van der Waals surface area contributed by atoms with Gasteiger partial charge in [-0.1, -0.05) is 22.6 Å². The predicted octanol–water partition coefficient (Wildman–Crippen LogP) is 1.53. The molecule has 0 aromatic carbocycles. The third-order valence-corrected chi connectivity index (χ3v) is 5.61. The van der Waals surface area contributed by atoms with Crippen molar-refractivity contribution in [1.29, 1.82) is 0 Å². The van der Waals surface area contributed by atoms with Crippen LogP contribution in [0.1, 0.15) is 19.8 Å². The highest BCUT2D eigenvalue weighted by atomic mass is 127. The lowest BCUT2D eigenvalue weighted by Gasteiger charge is -2.37. The van der Waals surface area contributed by atoms with Gasteiger partial charge in [-0.15, -0.1) is 0 Å².